The molecule has 0 amide bonds. The minimum absolute atomic E-state index is 0.0286. The van der Waals surface area contributed by atoms with Crippen molar-refractivity contribution in [1.82, 2.24) is 0 Å². The molecule has 0 aliphatic heterocycles. The standard InChI is InChI=1S/C12H15NO4/c1-2-3-10(8-14)12(15)9-4-6-11(7-5-9)13(16)17/h4-8,10,12,15H,2-3H2,1H3/t10-,12+/m1/s1. The van der Waals surface area contributed by atoms with Crippen LogP contribution in [0.5, 0.6) is 0 Å². The molecule has 0 aliphatic rings. The lowest BCUT2D eigenvalue weighted by Crippen LogP contribution is -2.13. The number of nitro groups is 1. The molecular formula is C12H15NO4. The molecule has 0 radical (unpaired) electrons. The Labute approximate surface area is 99.2 Å². The van der Waals surface area contributed by atoms with E-state index in [9.17, 15) is 20.0 Å². The summed E-state index contributed by atoms with van der Waals surface area (Å²) in [6, 6.07) is 5.61. The number of carbonyl (C=O) groups excluding carboxylic acids is 1. The average molecular weight is 237 g/mol. The summed E-state index contributed by atoms with van der Waals surface area (Å²) in [5, 5.41) is 20.4. The summed E-state index contributed by atoms with van der Waals surface area (Å²) in [4.78, 5) is 20.8. The molecule has 0 aliphatic carbocycles. The quantitative estimate of drug-likeness (QED) is 0.467. The largest absolute Gasteiger partial charge is 0.388 e. The Bertz CT molecular complexity index is 388. The molecule has 2 atom stereocenters. The van der Waals surface area contributed by atoms with Crippen molar-refractivity contribution in [2.75, 3.05) is 0 Å². The number of benzene rings is 1. The lowest BCUT2D eigenvalue weighted by molar-refractivity contribution is -0.384. The van der Waals surface area contributed by atoms with Crippen LogP contribution in [0.15, 0.2) is 24.3 Å². The van der Waals surface area contributed by atoms with E-state index < -0.39 is 16.9 Å². The number of nitrogens with zero attached hydrogens (tertiary/aromatic N) is 1. The molecule has 1 aromatic carbocycles. The summed E-state index contributed by atoms with van der Waals surface area (Å²) in [6.45, 7) is 1.93. The lowest BCUT2D eigenvalue weighted by Gasteiger charge is -2.17. The number of aliphatic hydroxyl groups is 1. The fourth-order valence-corrected chi connectivity index (χ4v) is 1.67. The third kappa shape index (κ3) is 3.35. The Kier molecular flexibility index (Phi) is 4.78. The summed E-state index contributed by atoms with van der Waals surface area (Å²) in [5.74, 6) is -0.457. The topological polar surface area (TPSA) is 80.4 Å². The van der Waals surface area contributed by atoms with E-state index in [-0.39, 0.29) is 5.69 Å². The van der Waals surface area contributed by atoms with Gasteiger partial charge in [-0.2, -0.15) is 0 Å². The number of hydrogen-bond acceptors (Lipinski definition) is 4. The molecule has 0 fully saturated rings. The number of nitro benzene ring substituents is 1. The molecule has 0 saturated heterocycles. The highest BCUT2D eigenvalue weighted by Gasteiger charge is 2.20. The Balaban J connectivity index is 2.84. The van der Waals surface area contributed by atoms with E-state index in [0.717, 1.165) is 12.7 Å². The maximum Gasteiger partial charge on any atom is 0.269 e. The monoisotopic (exact) mass is 237 g/mol. The molecule has 5 heteroatoms. The SMILES string of the molecule is CCC[C@H](C=O)[C@@H](O)c1ccc([N+](=O)[O-])cc1. The molecule has 0 saturated carbocycles. The van der Waals surface area contributed by atoms with Crippen molar-refractivity contribution >= 4 is 12.0 Å². The average Bonchev–Trinajstić information content (AvgIpc) is 2.35. The first kappa shape index (κ1) is 13.3. The fraction of sp³-hybridized carbons (Fsp3) is 0.417. The number of aliphatic hydroxyl groups excluding tert-OH is 1. The number of non-ortho nitro benzene ring substituents is 1. The zero-order chi connectivity index (χ0) is 12.8. The van der Waals surface area contributed by atoms with Gasteiger partial charge >= 0.3 is 0 Å². The van der Waals surface area contributed by atoms with Gasteiger partial charge in [0.2, 0.25) is 0 Å². The van der Waals surface area contributed by atoms with Crippen LogP contribution in [0.2, 0.25) is 0 Å². The fourth-order valence-electron chi connectivity index (χ4n) is 1.67. The second-order valence-electron chi connectivity index (χ2n) is 3.88. The number of aldehydes is 1. The van der Waals surface area contributed by atoms with Gasteiger partial charge in [-0.15, -0.1) is 0 Å². The van der Waals surface area contributed by atoms with Gasteiger partial charge in [0.15, 0.2) is 0 Å². The van der Waals surface area contributed by atoms with Crippen LogP contribution in [-0.2, 0) is 4.79 Å². The molecule has 0 heterocycles. The molecule has 0 bridgehead atoms. The first-order chi connectivity index (χ1) is 8.10. The van der Waals surface area contributed by atoms with Crippen LogP contribution in [0.25, 0.3) is 0 Å². The van der Waals surface area contributed by atoms with Crippen molar-refractivity contribution in [3.8, 4) is 0 Å². The zero-order valence-corrected chi connectivity index (χ0v) is 9.57. The molecule has 1 rings (SSSR count). The summed E-state index contributed by atoms with van der Waals surface area (Å²) in [7, 11) is 0. The summed E-state index contributed by atoms with van der Waals surface area (Å²) in [6.07, 6.45) is 1.23. The van der Waals surface area contributed by atoms with Crippen molar-refractivity contribution in [2.24, 2.45) is 5.92 Å². The van der Waals surface area contributed by atoms with E-state index in [1.807, 2.05) is 6.92 Å². The summed E-state index contributed by atoms with van der Waals surface area (Å²) in [5.41, 5.74) is 0.500. The van der Waals surface area contributed by atoms with Crippen molar-refractivity contribution < 1.29 is 14.8 Å². The van der Waals surface area contributed by atoms with Gasteiger partial charge in [0, 0.05) is 18.1 Å². The lowest BCUT2D eigenvalue weighted by atomic mass is 9.93. The number of rotatable bonds is 6. The van der Waals surface area contributed by atoms with Crippen molar-refractivity contribution in [3.05, 3.63) is 39.9 Å². The predicted molar refractivity (Wildman–Crippen MR) is 62.5 cm³/mol. The van der Waals surface area contributed by atoms with Crippen LogP contribution < -0.4 is 0 Å². The van der Waals surface area contributed by atoms with Crippen molar-refractivity contribution in [3.63, 3.8) is 0 Å². The summed E-state index contributed by atoms with van der Waals surface area (Å²) >= 11 is 0. The van der Waals surface area contributed by atoms with Crippen LogP contribution in [-0.4, -0.2) is 16.3 Å². The van der Waals surface area contributed by atoms with Crippen LogP contribution in [0.4, 0.5) is 5.69 Å². The highest BCUT2D eigenvalue weighted by atomic mass is 16.6. The molecule has 17 heavy (non-hydrogen) atoms. The van der Waals surface area contributed by atoms with Gasteiger partial charge < -0.3 is 9.90 Å². The molecular weight excluding hydrogens is 222 g/mol. The van der Waals surface area contributed by atoms with Crippen LogP contribution in [0.1, 0.15) is 31.4 Å². The zero-order valence-electron chi connectivity index (χ0n) is 9.57. The summed E-state index contributed by atoms with van der Waals surface area (Å²) < 4.78 is 0. The number of carbonyl (C=O) groups is 1. The smallest absolute Gasteiger partial charge is 0.269 e. The first-order valence-electron chi connectivity index (χ1n) is 5.47. The molecule has 92 valence electrons. The highest BCUT2D eigenvalue weighted by molar-refractivity contribution is 5.55. The third-order valence-corrected chi connectivity index (χ3v) is 2.65. The molecule has 5 nitrogen and oxygen atoms in total. The Hall–Kier alpha value is -1.75. The Morgan fingerprint density at radius 1 is 1.41 bits per heavy atom. The van der Waals surface area contributed by atoms with Gasteiger partial charge in [0.1, 0.15) is 6.29 Å². The molecule has 1 aromatic rings. The van der Waals surface area contributed by atoms with Gasteiger partial charge in [-0.05, 0) is 24.1 Å². The first-order valence-corrected chi connectivity index (χ1v) is 5.47. The predicted octanol–water partition coefficient (Wildman–Crippen LogP) is 2.24. The Morgan fingerprint density at radius 3 is 2.41 bits per heavy atom. The van der Waals surface area contributed by atoms with Crippen molar-refractivity contribution in [1.29, 1.82) is 0 Å². The van der Waals surface area contributed by atoms with Gasteiger partial charge in [-0.3, -0.25) is 10.1 Å². The van der Waals surface area contributed by atoms with E-state index in [1.165, 1.54) is 24.3 Å². The van der Waals surface area contributed by atoms with E-state index in [0.29, 0.717) is 12.0 Å². The van der Waals surface area contributed by atoms with Gasteiger partial charge in [0.05, 0.1) is 11.0 Å². The van der Waals surface area contributed by atoms with Gasteiger partial charge in [-0.1, -0.05) is 13.3 Å². The molecule has 0 spiro atoms. The van der Waals surface area contributed by atoms with Crippen LogP contribution in [0.3, 0.4) is 0 Å². The second kappa shape index (κ2) is 6.10. The van der Waals surface area contributed by atoms with E-state index in [1.54, 1.807) is 0 Å². The number of hydrogen-bond donors (Lipinski definition) is 1. The maximum absolute atomic E-state index is 10.8. The highest BCUT2D eigenvalue weighted by Crippen LogP contribution is 2.25. The minimum Gasteiger partial charge on any atom is -0.388 e. The van der Waals surface area contributed by atoms with E-state index in [2.05, 4.69) is 0 Å². The molecule has 1 N–H and O–H groups in total. The Morgan fingerprint density at radius 2 is 2.00 bits per heavy atom. The molecule has 0 aromatic heterocycles. The van der Waals surface area contributed by atoms with Crippen LogP contribution >= 0.6 is 0 Å². The van der Waals surface area contributed by atoms with Gasteiger partial charge in [-0.25, -0.2) is 0 Å². The minimum atomic E-state index is -0.895. The third-order valence-electron chi connectivity index (χ3n) is 2.65. The van der Waals surface area contributed by atoms with Crippen molar-refractivity contribution in [2.45, 2.75) is 25.9 Å². The normalized spacial score (nSPS) is 14.0. The second-order valence-corrected chi connectivity index (χ2v) is 3.88. The van der Waals surface area contributed by atoms with E-state index >= 15 is 0 Å². The molecule has 0 unspecified atom stereocenters. The van der Waals surface area contributed by atoms with E-state index in [4.69, 9.17) is 0 Å². The maximum atomic E-state index is 10.8. The van der Waals surface area contributed by atoms with Crippen LogP contribution in [0, 0.1) is 16.0 Å². The van der Waals surface area contributed by atoms with Gasteiger partial charge in [0.25, 0.3) is 5.69 Å².